The summed E-state index contributed by atoms with van der Waals surface area (Å²) < 4.78 is 0. The van der Waals surface area contributed by atoms with Gasteiger partial charge in [0, 0.05) is 17.7 Å². The summed E-state index contributed by atoms with van der Waals surface area (Å²) in [4.78, 5) is 26.1. The summed E-state index contributed by atoms with van der Waals surface area (Å²) in [6.45, 7) is 2.09. The van der Waals surface area contributed by atoms with Crippen molar-refractivity contribution in [2.24, 2.45) is 0 Å². The van der Waals surface area contributed by atoms with Crippen LogP contribution in [0.2, 0.25) is 0 Å². The molecule has 106 valence electrons. The highest BCUT2D eigenvalue weighted by Crippen LogP contribution is 2.27. The number of para-hydroxylation sites is 1. The van der Waals surface area contributed by atoms with Crippen molar-refractivity contribution in [3.05, 3.63) is 65.2 Å². The quantitative estimate of drug-likeness (QED) is 0.809. The summed E-state index contributed by atoms with van der Waals surface area (Å²) in [6, 6.07) is 15.3. The van der Waals surface area contributed by atoms with Gasteiger partial charge >= 0.3 is 0 Å². The van der Waals surface area contributed by atoms with Crippen molar-refractivity contribution in [3.63, 3.8) is 0 Å². The van der Waals surface area contributed by atoms with Gasteiger partial charge in [0.2, 0.25) is 5.91 Å². The Labute approximate surface area is 124 Å². The molecule has 0 unspecified atom stereocenters. The van der Waals surface area contributed by atoms with E-state index >= 15 is 0 Å². The van der Waals surface area contributed by atoms with E-state index in [0.29, 0.717) is 12.0 Å². The molecule has 3 rings (SSSR count). The molecule has 0 radical (unpaired) electrons. The standard InChI is InChI=1S/C18H17NO2/c1-13-6-8-15(9-7-13)17(20)12-19-16-5-3-2-4-14(16)10-11-18(19)21/h2-9H,10-12H2,1H3. The molecule has 2 aromatic rings. The average Bonchev–Trinajstić information content (AvgIpc) is 2.51. The van der Waals surface area contributed by atoms with E-state index in [-0.39, 0.29) is 18.2 Å². The van der Waals surface area contributed by atoms with Crippen molar-refractivity contribution in [2.75, 3.05) is 11.4 Å². The Morgan fingerprint density at radius 2 is 1.76 bits per heavy atom. The summed E-state index contributed by atoms with van der Waals surface area (Å²) in [5, 5.41) is 0. The minimum Gasteiger partial charge on any atom is -0.304 e. The summed E-state index contributed by atoms with van der Waals surface area (Å²) in [5.74, 6) is -0.00536. The highest BCUT2D eigenvalue weighted by molar-refractivity contribution is 6.06. The highest BCUT2D eigenvalue weighted by atomic mass is 16.2. The van der Waals surface area contributed by atoms with Gasteiger partial charge in [0.25, 0.3) is 0 Å². The number of anilines is 1. The Hall–Kier alpha value is -2.42. The fourth-order valence-corrected chi connectivity index (χ4v) is 2.64. The molecule has 0 atom stereocenters. The van der Waals surface area contributed by atoms with E-state index in [1.807, 2.05) is 55.5 Å². The second kappa shape index (κ2) is 5.52. The van der Waals surface area contributed by atoms with Gasteiger partial charge in [0.05, 0.1) is 6.54 Å². The molecule has 21 heavy (non-hydrogen) atoms. The van der Waals surface area contributed by atoms with Crippen LogP contribution < -0.4 is 4.90 Å². The minimum absolute atomic E-state index is 0.0224. The summed E-state index contributed by atoms with van der Waals surface area (Å²) >= 11 is 0. The van der Waals surface area contributed by atoms with Crippen molar-refractivity contribution in [1.29, 1.82) is 0 Å². The molecule has 1 aliphatic heterocycles. The number of aryl methyl sites for hydroxylation is 2. The molecule has 1 aliphatic rings. The second-order valence-corrected chi connectivity index (χ2v) is 5.40. The van der Waals surface area contributed by atoms with E-state index in [1.54, 1.807) is 4.90 Å². The van der Waals surface area contributed by atoms with E-state index < -0.39 is 0 Å². The number of fused-ring (bicyclic) bond motifs is 1. The molecule has 0 aromatic heterocycles. The lowest BCUT2D eigenvalue weighted by atomic mass is 10.00. The van der Waals surface area contributed by atoms with Gasteiger partial charge in [-0.15, -0.1) is 0 Å². The van der Waals surface area contributed by atoms with Crippen molar-refractivity contribution in [1.82, 2.24) is 0 Å². The third kappa shape index (κ3) is 2.72. The number of amides is 1. The van der Waals surface area contributed by atoms with E-state index in [4.69, 9.17) is 0 Å². The lowest BCUT2D eigenvalue weighted by molar-refractivity contribution is -0.118. The van der Waals surface area contributed by atoms with Crippen LogP contribution in [0.5, 0.6) is 0 Å². The average molecular weight is 279 g/mol. The van der Waals surface area contributed by atoms with Crippen LogP contribution in [0.4, 0.5) is 5.69 Å². The third-order valence-corrected chi connectivity index (χ3v) is 3.87. The van der Waals surface area contributed by atoms with Crippen LogP contribution in [-0.2, 0) is 11.2 Å². The largest absolute Gasteiger partial charge is 0.304 e. The van der Waals surface area contributed by atoms with Gasteiger partial charge < -0.3 is 4.90 Å². The van der Waals surface area contributed by atoms with E-state index in [9.17, 15) is 9.59 Å². The van der Waals surface area contributed by atoms with Crippen LogP contribution in [0, 0.1) is 6.92 Å². The van der Waals surface area contributed by atoms with Gasteiger partial charge in [0.1, 0.15) is 0 Å². The predicted octanol–water partition coefficient (Wildman–Crippen LogP) is 3.16. The molecule has 0 aliphatic carbocycles. The van der Waals surface area contributed by atoms with Gasteiger partial charge in [-0.3, -0.25) is 9.59 Å². The van der Waals surface area contributed by atoms with Gasteiger partial charge in [-0.1, -0.05) is 48.0 Å². The van der Waals surface area contributed by atoms with Gasteiger partial charge in [-0.2, -0.15) is 0 Å². The Morgan fingerprint density at radius 3 is 2.52 bits per heavy atom. The van der Waals surface area contributed by atoms with Crippen LogP contribution in [0.15, 0.2) is 48.5 Å². The SMILES string of the molecule is Cc1ccc(C(=O)CN2C(=O)CCc3ccccc32)cc1. The van der Waals surface area contributed by atoms with Gasteiger partial charge in [-0.05, 0) is 25.0 Å². The first-order valence-corrected chi connectivity index (χ1v) is 7.13. The van der Waals surface area contributed by atoms with Crippen molar-refractivity contribution >= 4 is 17.4 Å². The zero-order chi connectivity index (χ0) is 14.8. The van der Waals surface area contributed by atoms with Crippen LogP contribution in [0.1, 0.15) is 27.9 Å². The molecule has 0 spiro atoms. The van der Waals surface area contributed by atoms with Crippen LogP contribution in [0.25, 0.3) is 0 Å². The molecular weight excluding hydrogens is 262 g/mol. The van der Waals surface area contributed by atoms with Crippen molar-refractivity contribution in [3.8, 4) is 0 Å². The van der Waals surface area contributed by atoms with E-state index in [0.717, 1.165) is 23.2 Å². The fraction of sp³-hybridized carbons (Fsp3) is 0.222. The lowest BCUT2D eigenvalue weighted by Gasteiger charge is -2.28. The normalized spacial score (nSPS) is 14.0. The second-order valence-electron chi connectivity index (χ2n) is 5.40. The molecule has 1 heterocycles. The van der Waals surface area contributed by atoms with Crippen molar-refractivity contribution < 1.29 is 9.59 Å². The minimum atomic E-state index is -0.0277. The topological polar surface area (TPSA) is 37.4 Å². The van der Waals surface area contributed by atoms with Gasteiger partial charge in [0.15, 0.2) is 5.78 Å². The molecular formula is C18H17NO2. The maximum atomic E-state index is 12.4. The van der Waals surface area contributed by atoms with Crippen molar-refractivity contribution in [2.45, 2.75) is 19.8 Å². The zero-order valence-corrected chi connectivity index (χ0v) is 12.0. The predicted molar refractivity (Wildman–Crippen MR) is 82.6 cm³/mol. The molecule has 0 N–H and O–H groups in total. The summed E-state index contributed by atoms with van der Waals surface area (Å²) in [7, 11) is 0. The first-order chi connectivity index (χ1) is 10.1. The number of hydrogen-bond acceptors (Lipinski definition) is 2. The first kappa shape index (κ1) is 13.6. The number of carbonyl (C=O) groups excluding carboxylic acids is 2. The van der Waals surface area contributed by atoms with E-state index in [2.05, 4.69) is 0 Å². The molecule has 0 saturated heterocycles. The third-order valence-electron chi connectivity index (χ3n) is 3.87. The maximum absolute atomic E-state index is 12.4. The highest BCUT2D eigenvalue weighted by Gasteiger charge is 2.25. The molecule has 1 amide bonds. The molecule has 2 aromatic carbocycles. The molecule has 3 heteroatoms. The Balaban J connectivity index is 1.85. The maximum Gasteiger partial charge on any atom is 0.227 e. The summed E-state index contributed by atoms with van der Waals surface area (Å²) in [5.41, 5.74) is 3.77. The molecule has 3 nitrogen and oxygen atoms in total. The fourth-order valence-electron chi connectivity index (χ4n) is 2.64. The van der Waals surface area contributed by atoms with E-state index in [1.165, 1.54) is 0 Å². The first-order valence-electron chi connectivity index (χ1n) is 7.13. The van der Waals surface area contributed by atoms with Gasteiger partial charge in [-0.25, -0.2) is 0 Å². The number of hydrogen-bond donors (Lipinski definition) is 0. The molecule has 0 fully saturated rings. The Kier molecular flexibility index (Phi) is 3.57. The number of Topliss-reactive ketones (excluding diaryl/α,β-unsaturated/α-hetero) is 1. The molecule has 0 saturated carbocycles. The Bertz CT molecular complexity index is 689. The van der Waals surface area contributed by atoms with Crippen LogP contribution in [0.3, 0.4) is 0 Å². The number of nitrogens with zero attached hydrogens (tertiary/aromatic N) is 1. The lowest BCUT2D eigenvalue weighted by Crippen LogP contribution is -2.39. The zero-order valence-electron chi connectivity index (χ0n) is 12.0. The Morgan fingerprint density at radius 1 is 1.05 bits per heavy atom. The number of carbonyl (C=O) groups is 2. The number of benzene rings is 2. The number of rotatable bonds is 3. The monoisotopic (exact) mass is 279 g/mol. The van der Waals surface area contributed by atoms with Crippen LogP contribution in [-0.4, -0.2) is 18.2 Å². The number of ketones is 1. The summed E-state index contributed by atoms with van der Waals surface area (Å²) in [6.07, 6.45) is 1.22. The van der Waals surface area contributed by atoms with Crippen LogP contribution >= 0.6 is 0 Å². The molecule has 0 bridgehead atoms. The smallest absolute Gasteiger partial charge is 0.227 e.